The van der Waals surface area contributed by atoms with E-state index in [1.165, 1.54) is 0 Å². The summed E-state index contributed by atoms with van der Waals surface area (Å²) < 4.78 is 35.8. The summed E-state index contributed by atoms with van der Waals surface area (Å²) >= 11 is 0. The number of nitrogens with zero attached hydrogens (tertiary/aromatic N) is 1. The Labute approximate surface area is 180 Å². The number of piperidine rings is 1. The van der Waals surface area contributed by atoms with Crippen LogP contribution in [0.25, 0.3) is 0 Å². The molecule has 0 radical (unpaired) electrons. The molecule has 1 aliphatic heterocycles. The van der Waals surface area contributed by atoms with Crippen LogP contribution in [-0.2, 0) is 21.1 Å². The fourth-order valence-electron chi connectivity index (χ4n) is 4.79. The summed E-state index contributed by atoms with van der Waals surface area (Å²) in [6.07, 6.45) is 8.41. The Balaban J connectivity index is 1.57. The summed E-state index contributed by atoms with van der Waals surface area (Å²) in [6.45, 7) is 0.735. The fraction of sp³-hybridized carbons (Fsp3) is 0.696. The van der Waals surface area contributed by atoms with Gasteiger partial charge in [0.15, 0.2) is 21.3 Å². The summed E-state index contributed by atoms with van der Waals surface area (Å²) in [5.41, 5.74) is 1.15. The van der Waals surface area contributed by atoms with Gasteiger partial charge in [-0.3, -0.25) is 4.79 Å². The third kappa shape index (κ3) is 5.68. The quantitative estimate of drug-likeness (QED) is 0.588. The maximum Gasteiger partial charge on any atom is 0.223 e. The number of hydrogen-bond donors (Lipinski definition) is 0. The number of rotatable bonds is 9. The van der Waals surface area contributed by atoms with Crippen molar-refractivity contribution < 1.29 is 22.7 Å². The van der Waals surface area contributed by atoms with Crippen molar-refractivity contribution in [2.24, 2.45) is 0 Å². The number of carbonyl (C=O) groups is 1. The SMILES string of the molecule is COc1ccc(CCC2CCCCN2C(=O)CCS(=O)(=O)C2CCCC2)cc1OC. The standard InChI is InChI=1S/C23H35NO5S/c1-28-21-13-11-18(17-22(21)29-2)10-12-19-7-5-6-15-24(19)23(25)14-16-30(26,27)20-8-3-4-9-20/h11,13,17,19-20H,3-10,12,14-16H2,1-2H3. The Bertz CT molecular complexity index is 817. The topological polar surface area (TPSA) is 72.9 Å². The molecular weight excluding hydrogens is 402 g/mol. The second-order valence-corrected chi connectivity index (χ2v) is 10.9. The predicted molar refractivity (Wildman–Crippen MR) is 118 cm³/mol. The Morgan fingerprint density at radius 2 is 1.73 bits per heavy atom. The molecule has 0 N–H and O–H groups in total. The van der Waals surface area contributed by atoms with Crippen LogP contribution >= 0.6 is 0 Å². The van der Waals surface area contributed by atoms with Crippen LogP contribution in [0.4, 0.5) is 0 Å². The van der Waals surface area contributed by atoms with Crippen molar-refractivity contribution in [2.45, 2.75) is 75.5 Å². The van der Waals surface area contributed by atoms with E-state index >= 15 is 0 Å². The fourth-order valence-corrected chi connectivity index (χ4v) is 6.63. The average Bonchev–Trinajstić information content (AvgIpc) is 3.32. The van der Waals surface area contributed by atoms with Crippen LogP contribution < -0.4 is 9.47 Å². The van der Waals surface area contributed by atoms with E-state index in [9.17, 15) is 13.2 Å². The average molecular weight is 438 g/mol. The highest BCUT2D eigenvalue weighted by atomic mass is 32.2. The number of carbonyl (C=O) groups excluding carboxylic acids is 1. The van der Waals surface area contributed by atoms with E-state index in [-0.39, 0.29) is 29.4 Å². The molecule has 1 aromatic carbocycles. The van der Waals surface area contributed by atoms with Gasteiger partial charge in [-0.25, -0.2) is 8.42 Å². The van der Waals surface area contributed by atoms with Gasteiger partial charge < -0.3 is 14.4 Å². The van der Waals surface area contributed by atoms with E-state index in [0.29, 0.717) is 11.5 Å². The largest absolute Gasteiger partial charge is 0.493 e. The number of sulfone groups is 1. The number of amides is 1. The Morgan fingerprint density at radius 3 is 2.43 bits per heavy atom. The van der Waals surface area contributed by atoms with Gasteiger partial charge in [-0.05, 0) is 62.6 Å². The third-order valence-electron chi connectivity index (χ3n) is 6.57. The van der Waals surface area contributed by atoms with E-state index in [1.54, 1.807) is 14.2 Å². The second kappa shape index (κ2) is 10.5. The van der Waals surface area contributed by atoms with Gasteiger partial charge in [0.1, 0.15) is 0 Å². The zero-order chi connectivity index (χ0) is 21.6. The molecule has 2 aliphatic rings. The van der Waals surface area contributed by atoms with Crippen LogP contribution in [-0.4, -0.2) is 57.0 Å². The molecule has 1 atom stereocenters. The first-order chi connectivity index (χ1) is 14.4. The number of benzene rings is 1. The van der Waals surface area contributed by atoms with Crippen molar-refractivity contribution in [3.05, 3.63) is 23.8 Å². The van der Waals surface area contributed by atoms with Crippen LogP contribution in [0.1, 0.15) is 63.4 Å². The molecule has 3 rings (SSSR count). The molecular formula is C23H35NO5S. The molecule has 1 amide bonds. The van der Waals surface area contributed by atoms with E-state index in [2.05, 4.69) is 0 Å². The molecule has 1 unspecified atom stereocenters. The minimum absolute atomic E-state index is 0.00456. The van der Waals surface area contributed by atoms with Crippen LogP contribution in [0.2, 0.25) is 0 Å². The van der Waals surface area contributed by atoms with Crippen molar-refractivity contribution in [3.8, 4) is 11.5 Å². The van der Waals surface area contributed by atoms with E-state index in [4.69, 9.17) is 9.47 Å². The van der Waals surface area contributed by atoms with Crippen molar-refractivity contribution in [2.75, 3.05) is 26.5 Å². The first-order valence-electron chi connectivity index (χ1n) is 11.2. The van der Waals surface area contributed by atoms with E-state index < -0.39 is 9.84 Å². The molecule has 2 fully saturated rings. The maximum atomic E-state index is 12.9. The molecule has 1 saturated carbocycles. The van der Waals surface area contributed by atoms with Crippen molar-refractivity contribution in [3.63, 3.8) is 0 Å². The van der Waals surface area contributed by atoms with Gasteiger partial charge in [0.2, 0.25) is 5.91 Å². The highest BCUT2D eigenvalue weighted by Gasteiger charge is 2.31. The number of aryl methyl sites for hydroxylation is 1. The number of likely N-dealkylation sites (tertiary alicyclic amines) is 1. The number of ether oxygens (including phenoxy) is 2. The third-order valence-corrected chi connectivity index (χ3v) is 8.83. The van der Waals surface area contributed by atoms with Crippen LogP contribution in [0, 0.1) is 0 Å². The van der Waals surface area contributed by atoms with E-state index in [1.807, 2.05) is 23.1 Å². The molecule has 0 spiro atoms. The predicted octanol–water partition coefficient (Wildman–Crippen LogP) is 3.77. The van der Waals surface area contributed by atoms with Gasteiger partial charge in [-0.15, -0.1) is 0 Å². The molecule has 7 heteroatoms. The summed E-state index contributed by atoms with van der Waals surface area (Å²) in [5, 5.41) is -0.229. The van der Waals surface area contributed by atoms with Crippen LogP contribution in [0.3, 0.4) is 0 Å². The lowest BCUT2D eigenvalue weighted by Crippen LogP contribution is -2.44. The highest BCUT2D eigenvalue weighted by Crippen LogP contribution is 2.30. The Kier molecular flexibility index (Phi) is 8.03. The summed E-state index contributed by atoms with van der Waals surface area (Å²) in [7, 11) is 0.0947. The highest BCUT2D eigenvalue weighted by molar-refractivity contribution is 7.92. The lowest BCUT2D eigenvalue weighted by Gasteiger charge is -2.36. The van der Waals surface area contributed by atoms with Gasteiger partial charge in [0.05, 0.1) is 25.2 Å². The first kappa shape index (κ1) is 22.9. The monoisotopic (exact) mass is 437 g/mol. The van der Waals surface area contributed by atoms with Crippen molar-refractivity contribution in [1.29, 1.82) is 0 Å². The molecule has 0 bridgehead atoms. The second-order valence-electron chi connectivity index (χ2n) is 8.49. The van der Waals surface area contributed by atoms with Crippen molar-refractivity contribution >= 4 is 15.7 Å². The molecule has 1 aliphatic carbocycles. The number of methoxy groups -OCH3 is 2. The van der Waals surface area contributed by atoms with Gasteiger partial charge >= 0.3 is 0 Å². The van der Waals surface area contributed by atoms with Crippen molar-refractivity contribution in [1.82, 2.24) is 4.90 Å². The van der Waals surface area contributed by atoms with Crippen LogP contribution in [0.15, 0.2) is 18.2 Å². The normalized spacial score (nSPS) is 20.3. The smallest absolute Gasteiger partial charge is 0.223 e. The molecule has 1 aromatic rings. The molecule has 0 aromatic heterocycles. The van der Waals surface area contributed by atoms with Gasteiger partial charge in [-0.1, -0.05) is 18.9 Å². The van der Waals surface area contributed by atoms with E-state index in [0.717, 1.165) is 69.9 Å². The summed E-state index contributed by atoms with van der Waals surface area (Å²) in [6, 6.07) is 6.10. The Morgan fingerprint density at radius 1 is 1.03 bits per heavy atom. The van der Waals surface area contributed by atoms with Gasteiger partial charge in [0, 0.05) is 19.0 Å². The zero-order valence-corrected chi connectivity index (χ0v) is 19.1. The minimum atomic E-state index is -3.15. The van der Waals surface area contributed by atoms with Gasteiger partial charge in [-0.2, -0.15) is 0 Å². The molecule has 1 saturated heterocycles. The molecule has 1 heterocycles. The zero-order valence-electron chi connectivity index (χ0n) is 18.3. The summed E-state index contributed by atoms with van der Waals surface area (Å²) in [5.74, 6) is 1.41. The lowest BCUT2D eigenvalue weighted by atomic mass is 9.95. The molecule has 168 valence electrons. The van der Waals surface area contributed by atoms with Gasteiger partial charge in [0.25, 0.3) is 0 Å². The first-order valence-corrected chi connectivity index (χ1v) is 12.9. The number of hydrogen-bond acceptors (Lipinski definition) is 5. The molecule has 6 nitrogen and oxygen atoms in total. The Hall–Kier alpha value is -1.76. The maximum absolute atomic E-state index is 12.9. The lowest BCUT2D eigenvalue weighted by molar-refractivity contribution is -0.134. The minimum Gasteiger partial charge on any atom is -0.493 e. The summed E-state index contributed by atoms with van der Waals surface area (Å²) in [4.78, 5) is 14.8. The molecule has 30 heavy (non-hydrogen) atoms. The van der Waals surface area contributed by atoms with Crippen LogP contribution in [0.5, 0.6) is 11.5 Å².